The molecule has 126 valence electrons. The Labute approximate surface area is 134 Å². The smallest absolute Gasteiger partial charge is 0.0125 e. The molecular weight excluding hydrogens is 256 g/mol. The zero-order valence-electron chi connectivity index (χ0n) is 15.9. The van der Waals surface area contributed by atoms with E-state index in [1.165, 1.54) is 38.8 Å². The van der Waals surface area contributed by atoms with E-state index in [0.29, 0.717) is 11.6 Å². The van der Waals surface area contributed by atoms with Crippen LogP contribution in [0.5, 0.6) is 0 Å². The minimum atomic E-state index is 0.233. The molecule has 1 rings (SSSR count). The van der Waals surface area contributed by atoms with E-state index in [9.17, 15) is 0 Å². The summed E-state index contributed by atoms with van der Waals surface area (Å²) in [6.45, 7) is 21.2. The van der Waals surface area contributed by atoms with E-state index in [0.717, 1.165) is 11.8 Å². The molecule has 2 atom stereocenters. The van der Waals surface area contributed by atoms with Gasteiger partial charge in [0, 0.05) is 17.1 Å². The first-order chi connectivity index (χ1) is 9.47. The summed E-state index contributed by atoms with van der Waals surface area (Å²) in [4.78, 5) is 2.65. The predicted octanol–water partition coefficient (Wildman–Crippen LogP) is 4.69. The number of hydrogen-bond donors (Lipinski definition) is 1. The normalized spacial score (nSPS) is 22.3. The number of nitrogens with zero attached hydrogens (tertiary/aromatic N) is 1. The third kappa shape index (κ3) is 7.65. The fourth-order valence-electron chi connectivity index (χ4n) is 3.91. The maximum Gasteiger partial charge on any atom is 0.0125 e. The first-order valence-corrected chi connectivity index (χ1v) is 9.00. The Morgan fingerprint density at radius 1 is 1.00 bits per heavy atom. The molecule has 0 aliphatic carbocycles. The highest BCUT2D eigenvalue weighted by atomic mass is 15.2. The fourth-order valence-corrected chi connectivity index (χ4v) is 3.91. The second-order valence-corrected chi connectivity index (χ2v) is 9.47. The van der Waals surface area contributed by atoms with Crippen LogP contribution < -0.4 is 5.32 Å². The van der Waals surface area contributed by atoms with Crippen molar-refractivity contribution in [1.29, 1.82) is 0 Å². The zero-order chi connectivity index (χ0) is 16.3. The fraction of sp³-hybridized carbons (Fsp3) is 1.00. The quantitative estimate of drug-likeness (QED) is 0.792. The molecule has 1 heterocycles. The lowest BCUT2D eigenvalue weighted by Gasteiger charge is -2.41. The van der Waals surface area contributed by atoms with Crippen LogP contribution in [-0.2, 0) is 0 Å². The van der Waals surface area contributed by atoms with Gasteiger partial charge in [0.25, 0.3) is 0 Å². The molecule has 0 radical (unpaired) electrons. The Balaban J connectivity index is 2.29. The van der Waals surface area contributed by atoms with E-state index in [1.54, 1.807) is 0 Å². The monoisotopic (exact) mass is 296 g/mol. The van der Waals surface area contributed by atoms with Gasteiger partial charge in [0.15, 0.2) is 0 Å². The minimum Gasteiger partial charge on any atom is -0.310 e. The van der Waals surface area contributed by atoms with Gasteiger partial charge in [-0.1, -0.05) is 6.92 Å². The molecule has 2 unspecified atom stereocenters. The van der Waals surface area contributed by atoms with Crippen molar-refractivity contribution >= 4 is 0 Å². The molecule has 1 aliphatic rings. The van der Waals surface area contributed by atoms with Crippen LogP contribution in [-0.4, -0.2) is 35.1 Å². The summed E-state index contributed by atoms with van der Waals surface area (Å²) < 4.78 is 0. The maximum absolute atomic E-state index is 3.71. The average Bonchev–Trinajstić information content (AvgIpc) is 2.25. The standard InChI is InChI=1S/C19H40N2/c1-15(13-16(2)20-18(3,4)5)14-17-9-11-21(12-10-17)19(6,7)8/h15-17,20H,9-14H2,1-8H3. The lowest BCUT2D eigenvalue weighted by Crippen LogP contribution is -2.46. The molecule has 1 aliphatic heterocycles. The van der Waals surface area contributed by atoms with Crippen molar-refractivity contribution in [3.05, 3.63) is 0 Å². The number of rotatable bonds is 5. The van der Waals surface area contributed by atoms with Crippen LogP contribution >= 0.6 is 0 Å². The van der Waals surface area contributed by atoms with Crippen molar-refractivity contribution < 1.29 is 0 Å². The number of likely N-dealkylation sites (tertiary alicyclic amines) is 1. The topological polar surface area (TPSA) is 15.3 Å². The molecule has 2 nitrogen and oxygen atoms in total. The third-order valence-corrected chi connectivity index (χ3v) is 4.73. The van der Waals surface area contributed by atoms with Gasteiger partial charge in [-0.05, 0) is 99.1 Å². The highest BCUT2D eigenvalue weighted by Gasteiger charge is 2.27. The van der Waals surface area contributed by atoms with Crippen LogP contribution in [0, 0.1) is 11.8 Å². The van der Waals surface area contributed by atoms with E-state index < -0.39 is 0 Å². The highest BCUT2D eigenvalue weighted by Crippen LogP contribution is 2.29. The summed E-state index contributed by atoms with van der Waals surface area (Å²) in [6, 6.07) is 0.620. The van der Waals surface area contributed by atoms with Crippen LogP contribution in [0.3, 0.4) is 0 Å². The Hall–Kier alpha value is -0.0800. The van der Waals surface area contributed by atoms with Crippen molar-refractivity contribution in [3.63, 3.8) is 0 Å². The van der Waals surface area contributed by atoms with Crippen LogP contribution in [0.4, 0.5) is 0 Å². The third-order valence-electron chi connectivity index (χ3n) is 4.73. The van der Waals surface area contributed by atoms with Crippen LogP contribution in [0.25, 0.3) is 0 Å². The number of nitrogens with one attached hydrogen (secondary N) is 1. The van der Waals surface area contributed by atoms with Gasteiger partial charge in [0.05, 0.1) is 0 Å². The molecule has 0 saturated carbocycles. The second kappa shape index (κ2) is 7.46. The summed E-state index contributed by atoms with van der Waals surface area (Å²) in [5.74, 6) is 1.78. The first kappa shape index (κ1) is 19.0. The highest BCUT2D eigenvalue weighted by molar-refractivity contribution is 4.83. The van der Waals surface area contributed by atoms with Crippen LogP contribution in [0.1, 0.15) is 81.1 Å². The number of hydrogen-bond acceptors (Lipinski definition) is 2. The minimum absolute atomic E-state index is 0.233. The SMILES string of the molecule is CC(CC1CCN(C(C)(C)C)CC1)CC(C)NC(C)(C)C. The van der Waals surface area contributed by atoms with Crippen molar-refractivity contribution in [2.45, 2.75) is 98.2 Å². The molecule has 1 fully saturated rings. The lowest BCUT2D eigenvalue weighted by molar-refractivity contribution is 0.0804. The molecule has 0 bridgehead atoms. The van der Waals surface area contributed by atoms with E-state index in [-0.39, 0.29) is 5.54 Å². The van der Waals surface area contributed by atoms with Crippen LogP contribution in [0.15, 0.2) is 0 Å². The second-order valence-electron chi connectivity index (χ2n) is 9.47. The molecule has 0 spiro atoms. The Morgan fingerprint density at radius 2 is 1.52 bits per heavy atom. The van der Waals surface area contributed by atoms with Crippen molar-refractivity contribution in [2.24, 2.45) is 11.8 Å². The Morgan fingerprint density at radius 3 is 1.95 bits per heavy atom. The molecule has 0 amide bonds. The molecule has 1 saturated heterocycles. The first-order valence-electron chi connectivity index (χ1n) is 9.00. The molecule has 0 aromatic rings. The molecule has 21 heavy (non-hydrogen) atoms. The summed E-state index contributed by atoms with van der Waals surface area (Å²) in [6.07, 6.45) is 5.50. The van der Waals surface area contributed by atoms with E-state index in [1.807, 2.05) is 0 Å². The Kier molecular flexibility index (Phi) is 6.74. The predicted molar refractivity (Wildman–Crippen MR) is 94.8 cm³/mol. The van der Waals surface area contributed by atoms with Crippen molar-refractivity contribution in [2.75, 3.05) is 13.1 Å². The molecule has 2 heteroatoms. The largest absolute Gasteiger partial charge is 0.310 e. The van der Waals surface area contributed by atoms with Gasteiger partial charge in [0.2, 0.25) is 0 Å². The van der Waals surface area contributed by atoms with Gasteiger partial charge >= 0.3 is 0 Å². The summed E-state index contributed by atoms with van der Waals surface area (Å²) >= 11 is 0. The Bertz CT molecular complexity index is 290. The summed E-state index contributed by atoms with van der Waals surface area (Å²) in [5, 5.41) is 3.71. The van der Waals surface area contributed by atoms with Gasteiger partial charge in [0.1, 0.15) is 0 Å². The van der Waals surface area contributed by atoms with Gasteiger partial charge < -0.3 is 5.32 Å². The molecule has 1 N–H and O–H groups in total. The maximum atomic E-state index is 3.71. The molecular formula is C19H40N2. The van der Waals surface area contributed by atoms with Gasteiger partial charge in [-0.3, -0.25) is 4.90 Å². The number of piperidine rings is 1. The zero-order valence-corrected chi connectivity index (χ0v) is 15.9. The summed E-state index contributed by atoms with van der Waals surface area (Å²) in [7, 11) is 0. The van der Waals surface area contributed by atoms with E-state index in [4.69, 9.17) is 0 Å². The van der Waals surface area contributed by atoms with E-state index in [2.05, 4.69) is 65.6 Å². The lowest BCUT2D eigenvalue weighted by atomic mass is 9.84. The van der Waals surface area contributed by atoms with E-state index >= 15 is 0 Å². The van der Waals surface area contributed by atoms with Gasteiger partial charge in [-0.2, -0.15) is 0 Å². The average molecular weight is 297 g/mol. The van der Waals surface area contributed by atoms with Crippen molar-refractivity contribution in [3.8, 4) is 0 Å². The van der Waals surface area contributed by atoms with Crippen LogP contribution in [0.2, 0.25) is 0 Å². The summed E-state index contributed by atoms with van der Waals surface area (Å²) in [5.41, 5.74) is 0.582. The van der Waals surface area contributed by atoms with Gasteiger partial charge in [-0.15, -0.1) is 0 Å². The molecule has 0 aromatic carbocycles. The molecule has 0 aromatic heterocycles. The van der Waals surface area contributed by atoms with Gasteiger partial charge in [-0.25, -0.2) is 0 Å². The van der Waals surface area contributed by atoms with Crippen molar-refractivity contribution in [1.82, 2.24) is 10.2 Å².